The number of hydrogen-bond donors (Lipinski definition) is 0. The Morgan fingerprint density at radius 2 is 1.33 bits per heavy atom. The summed E-state index contributed by atoms with van der Waals surface area (Å²) in [7, 11) is 0. The second kappa shape index (κ2) is 8.61. The van der Waals surface area contributed by atoms with Gasteiger partial charge in [0.1, 0.15) is 5.75 Å². The standard InChI is InChI=1S/C23H36O/c1-9-11-12-13-14-15-18-16-19(22(3,4)5)21(24-10-2)20(17-18)23(6,7)8/h16-17H,9-11,14-15H2,1-8H3. The van der Waals surface area contributed by atoms with E-state index in [2.05, 4.69) is 79.4 Å². The molecule has 0 saturated heterocycles. The SMILES string of the molecule is CCCC#CCCc1cc(C(C)(C)C)c(OCC)c(C(C)(C)C)c1. The maximum absolute atomic E-state index is 6.11. The third-order valence-electron chi connectivity index (χ3n) is 4.09. The van der Waals surface area contributed by atoms with Gasteiger partial charge >= 0.3 is 0 Å². The number of rotatable bonds is 5. The average Bonchev–Trinajstić information content (AvgIpc) is 2.46. The lowest BCUT2D eigenvalue weighted by atomic mass is 9.78. The van der Waals surface area contributed by atoms with Crippen molar-refractivity contribution < 1.29 is 4.74 Å². The Morgan fingerprint density at radius 3 is 1.75 bits per heavy atom. The zero-order valence-electron chi connectivity index (χ0n) is 17.1. The van der Waals surface area contributed by atoms with E-state index < -0.39 is 0 Å². The molecular formula is C23H36O. The fourth-order valence-electron chi connectivity index (χ4n) is 2.76. The van der Waals surface area contributed by atoms with Gasteiger partial charge in [-0.25, -0.2) is 0 Å². The van der Waals surface area contributed by atoms with Gasteiger partial charge in [-0.2, -0.15) is 0 Å². The van der Waals surface area contributed by atoms with Crippen LogP contribution in [0, 0.1) is 11.8 Å². The minimum absolute atomic E-state index is 0.0639. The predicted molar refractivity (Wildman–Crippen MR) is 106 cm³/mol. The van der Waals surface area contributed by atoms with Crippen molar-refractivity contribution in [3.8, 4) is 17.6 Å². The molecule has 1 heteroatoms. The number of unbranched alkanes of at least 4 members (excludes halogenated alkanes) is 1. The van der Waals surface area contributed by atoms with Gasteiger partial charge in [0.05, 0.1) is 6.61 Å². The van der Waals surface area contributed by atoms with Gasteiger partial charge in [0.25, 0.3) is 0 Å². The highest BCUT2D eigenvalue weighted by Crippen LogP contribution is 2.40. The molecule has 134 valence electrons. The van der Waals surface area contributed by atoms with Gasteiger partial charge < -0.3 is 4.74 Å². The highest BCUT2D eigenvalue weighted by atomic mass is 16.5. The molecular weight excluding hydrogens is 292 g/mol. The Hall–Kier alpha value is -1.42. The third-order valence-corrected chi connectivity index (χ3v) is 4.09. The molecule has 0 radical (unpaired) electrons. The third kappa shape index (κ3) is 5.90. The molecule has 0 saturated carbocycles. The largest absolute Gasteiger partial charge is 0.493 e. The molecule has 0 aliphatic carbocycles. The molecule has 0 bridgehead atoms. The molecule has 0 aromatic heterocycles. The smallest absolute Gasteiger partial charge is 0.126 e. The first-order valence-electron chi connectivity index (χ1n) is 9.37. The van der Waals surface area contributed by atoms with Crippen molar-refractivity contribution in [1.29, 1.82) is 0 Å². The van der Waals surface area contributed by atoms with Crippen LogP contribution >= 0.6 is 0 Å². The minimum atomic E-state index is 0.0639. The lowest BCUT2D eigenvalue weighted by Gasteiger charge is -2.30. The molecule has 0 fully saturated rings. The maximum Gasteiger partial charge on any atom is 0.126 e. The summed E-state index contributed by atoms with van der Waals surface area (Å²) in [5.74, 6) is 7.64. The summed E-state index contributed by atoms with van der Waals surface area (Å²) in [5.41, 5.74) is 4.13. The van der Waals surface area contributed by atoms with E-state index in [1.165, 1.54) is 16.7 Å². The van der Waals surface area contributed by atoms with E-state index in [1.54, 1.807) is 0 Å². The molecule has 1 nitrogen and oxygen atoms in total. The Labute approximate surface area is 150 Å². The van der Waals surface area contributed by atoms with Gasteiger partial charge in [-0.15, -0.1) is 11.8 Å². The molecule has 0 amide bonds. The van der Waals surface area contributed by atoms with Crippen LogP contribution in [-0.2, 0) is 17.3 Å². The first kappa shape index (κ1) is 20.6. The average molecular weight is 329 g/mol. The summed E-state index contributed by atoms with van der Waals surface area (Å²) in [6.45, 7) is 18.5. The summed E-state index contributed by atoms with van der Waals surface area (Å²) < 4.78 is 6.11. The summed E-state index contributed by atoms with van der Waals surface area (Å²) in [6.07, 6.45) is 4.08. The molecule has 0 atom stereocenters. The van der Waals surface area contributed by atoms with E-state index in [4.69, 9.17) is 4.74 Å². The Balaban J connectivity index is 3.30. The van der Waals surface area contributed by atoms with Gasteiger partial charge in [0.15, 0.2) is 0 Å². The molecule has 1 aromatic rings. The van der Waals surface area contributed by atoms with Gasteiger partial charge in [-0.05, 0) is 36.2 Å². The number of benzene rings is 1. The predicted octanol–water partition coefficient (Wildman–Crippen LogP) is 6.42. The number of hydrogen-bond acceptors (Lipinski definition) is 1. The fraction of sp³-hybridized carbons (Fsp3) is 0.652. The lowest BCUT2D eigenvalue weighted by Crippen LogP contribution is -2.20. The zero-order valence-corrected chi connectivity index (χ0v) is 17.1. The molecule has 24 heavy (non-hydrogen) atoms. The van der Waals surface area contributed by atoms with Crippen LogP contribution in [0.4, 0.5) is 0 Å². The molecule has 0 unspecified atom stereocenters. The highest BCUT2D eigenvalue weighted by molar-refractivity contribution is 5.51. The van der Waals surface area contributed by atoms with Crippen LogP contribution in [0.3, 0.4) is 0 Å². The first-order chi connectivity index (χ1) is 11.1. The van der Waals surface area contributed by atoms with Crippen LogP contribution < -0.4 is 4.74 Å². The van der Waals surface area contributed by atoms with Crippen LogP contribution in [-0.4, -0.2) is 6.61 Å². The van der Waals surface area contributed by atoms with E-state index in [-0.39, 0.29) is 10.8 Å². The summed E-state index contributed by atoms with van der Waals surface area (Å²) in [5, 5.41) is 0. The topological polar surface area (TPSA) is 9.23 Å². The van der Waals surface area contributed by atoms with Crippen molar-refractivity contribution in [2.75, 3.05) is 6.61 Å². The minimum Gasteiger partial charge on any atom is -0.493 e. The van der Waals surface area contributed by atoms with E-state index in [1.807, 2.05) is 0 Å². The fourth-order valence-corrected chi connectivity index (χ4v) is 2.76. The second-order valence-electron chi connectivity index (χ2n) is 8.56. The van der Waals surface area contributed by atoms with Crippen LogP contribution in [0.15, 0.2) is 12.1 Å². The Kier molecular flexibility index (Phi) is 7.40. The van der Waals surface area contributed by atoms with E-state index >= 15 is 0 Å². The molecule has 0 N–H and O–H groups in total. The Morgan fingerprint density at radius 1 is 0.833 bits per heavy atom. The van der Waals surface area contributed by atoms with Gasteiger partial charge in [0, 0.05) is 24.0 Å². The van der Waals surface area contributed by atoms with Crippen molar-refractivity contribution in [2.24, 2.45) is 0 Å². The summed E-state index contributed by atoms with van der Waals surface area (Å²) >= 11 is 0. The molecule has 0 aliphatic heterocycles. The van der Waals surface area contributed by atoms with Crippen molar-refractivity contribution in [3.63, 3.8) is 0 Å². The van der Waals surface area contributed by atoms with Crippen molar-refractivity contribution >= 4 is 0 Å². The Bertz CT molecular complexity index is 550. The van der Waals surface area contributed by atoms with E-state index in [9.17, 15) is 0 Å². The van der Waals surface area contributed by atoms with Crippen molar-refractivity contribution in [3.05, 3.63) is 28.8 Å². The first-order valence-corrected chi connectivity index (χ1v) is 9.37. The lowest BCUT2D eigenvalue weighted by molar-refractivity contribution is 0.319. The van der Waals surface area contributed by atoms with Gasteiger partial charge in [-0.1, -0.05) is 60.6 Å². The summed E-state index contributed by atoms with van der Waals surface area (Å²) in [6, 6.07) is 4.67. The molecule has 0 spiro atoms. The van der Waals surface area contributed by atoms with E-state index in [0.29, 0.717) is 6.61 Å². The molecule has 1 rings (SSSR count). The van der Waals surface area contributed by atoms with Crippen LogP contribution in [0.1, 0.15) is 91.3 Å². The van der Waals surface area contributed by atoms with Crippen LogP contribution in [0.5, 0.6) is 5.75 Å². The van der Waals surface area contributed by atoms with Gasteiger partial charge in [0.2, 0.25) is 0 Å². The monoisotopic (exact) mass is 328 g/mol. The molecule has 0 heterocycles. The summed E-state index contributed by atoms with van der Waals surface area (Å²) in [4.78, 5) is 0. The molecule has 0 aliphatic rings. The van der Waals surface area contributed by atoms with Gasteiger partial charge in [-0.3, -0.25) is 0 Å². The normalized spacial score (nSPS) is 11.8. The zero-order chi connectivity index (χ0) is 18.4. The number of aryl methyl sites for hydroxylation is 1. The highest BCUT2D eigenvalue weighted by Gasteiger charge is 2.27. The van der Waals surface area contributed by atoms with Crippen molar-refractivity contribution in [1.82, 2.24) is 0 Å². The maximum atomic E-state index is 6.11. The quantitative estimate of drug-likeness (QED) is 0.567. The molecule has 1 aromatic carbocycles. The van der Waals surface area contributed by atoms with E-state index in [0.717, 1.165) is 31.4 Å². The van der Waals surface area contributed by atoms with Crippen LogP contribution in [0.25, 0.3) is 0 Å². The second-order valence-corrected chi connectivity index (χ2v) is 8.56. The number of ether oxygens (including phenoxy) is 1. The van der Waals surface area contributed by atoms with Crippen LogP contribution in [0.2, 0.25) is 0 Å². The van der Waals surface area contributed by atoms with Crippen molar-refractivity contribution in [2.45, 2.75) is 91.9 Å².